The van der Waals surface area contributed by atoms with Crippen LogP contribution < -0.4 is 5.73 Å². The average molecular weight is 553 g/mol. The summed E-state index contributed by atoms with van der Waals surface area (Å²) in [5.74, 6) is 0. The number of hydrogen-bond acceptors (Lipinski definition) is 6. The fourth-order valence-corrected chi connectivity index (χ4v) is 5.40. The second-order valence-corrected chi connectivity index (χ2v) is 10.9. The zero-order chi connectivity index (χ0) is 28.8. The fourth-order valence-electron chi connectivity index (χ4n) is 5.40. The number of aliphatic hydroxyl groups is 2. The molecular formula is C35H40N2O4. The molecule has 1 saturated heterocycles. The minimum absolute atomic E-state index is 0.00707. The summed E-state index contributed by atoms with van der Waals surface area (Å²) < 4.78 is 13.1. The van der Waals surface area contributed by atoms with Crippen LogP contribution in [0.5, 0.6) is 0 Å². The van der Waals surface area contributed by atoms with Crippen LogP contribution >= 0.6 is 0 Å². The van der Waals surface area contributed by atoms with Gasteiger partial charge >= 0.3 is 0 Å². The Morgan fingerprint density at radius 3 is 2.22 bits per heavy atom. The van der Waals surface area contributed by atoms with Gasteiger partial charge in [0.25, 0.3) is 0 Å². The van der Waals surface area contributed by atoms with E-state index < -0.39 is 12.4 Å². The number of ether oxygens (including phenoxy) is 2. The maximum Gasteiger partial charge on any atom is 0.184 e. The van der Waals surface area contributed by atoms with Crippen LogP contribution in [0.15, 0.2) is 103 Å². The van der Waals surface area contributed by atoms with E-state index >= 15 is 0 Å². The topological polar surface area (TPSA) is 88.2 Å². The highest BCUT2D eigenvalue weighted by Gasteiger charge is 2.34. The molecule has 0 aromatic heterocycles. The van der Waals surface area contributed by atoms with Gasteiger partial charge in [0.1, 0.15) is 0 Å². The minimum Gasteiger partial charge on any atom is -0.392 e. The molecule has 0 bridgehead atoms. The molecule has 1 heterocycles. The summed E-state index contributed by atoms with van der Waals surface area (Å²) in [6, 6.07) is 34.2. The van der Waals surface area contributed by atoms with Crippen molar-refractivity contribution < 1.29 is 19.7 Å². The van der Waals surface area contributed by atoms with Gasteiger partial charge in [0.05, 0.1) is 24.9 Å². The summed E-state index contributed by atoms with van der Waals surface area (Å²) in [5.41, 5.74) is 12.9. The first-order valence-electron chi connectivity index (χ1n) is 14.3. The molecule has 0 amide bonds. The zero-order valence-electron chi connectivity index (χ0n) is 23.8. The second-order valence-electron chi connectivity index (χ2n) is 10.9. The Bertz CT molecular complexity index is 1380. The monoisotopic (exact) mass is 552 g/mol. The quantitative estimate of drug-likeness (QED) is 0.227. The van der Waals surface area contributed by atoms with E-state index in [1.807, 2.05) is 80.7 Å². The first kappa shape index (κ1) is 29.1. The molecule has 1 aliphatic rings. The average Bonchev–Trinajstić information content (AvgIpc) is 3.04. The van der Waals surface area contributed by atoms with Gasteiger partial charge in [0.15, 0.2) is 6.29 Å². The molecular weight excluding hydrogens is 512 g/mol. The summed E-state index contributed by atoms with van der Waals surface area (Å²) >= 11 is 0. The maximum atomic E-state index is 11.0. The van der Waals surface area contributed by atoms with Gasteiger partial charge in [-0.15, -0.1) is 0 Å². The molecule has 0 aliphatic carbocycles. The third-order valence-corrected chi connectivity index (χ3v) is 8.08. The van der Waals surface area contributed by atoms with Crippen molar-refractivity contribution in [1.29, 1.82) is 0 Å². The van der Waals surface area contributed by atoms with Crippen molar-refractivity contribution in [1.82, 2.24) is 4.90 Å². The van der Waals surface area contributed by atoms with E-state index in [1.54, 1.807) is 0 Å². The summed E-state index contributed by atoms with van der Waals surface area (Å²) in [5, 5.41) is 20.5. The van der Waals surface area contributed by atoms with E-state index in [9.17, 15) is 10.2 Å². The van der Waals surface area contributed by atoms with Crippen molar-refractivity contribution in [2.45, 2.75) is 57.1 Å². The SMILES string of the molecule is C[C@H]([C@@H](O)c1ccccc1)N(C)C[C@H]1C[C@@H](c2ccc(CO)cc2)O[C@@H](c2ccc(-c3cccc(CN)c3)cc2)O1. The summed E-state index contributed by atoms with van der Waals surface area (Å²) in [4.78, 5) is 2.16. The van der Waals surface area contributed by atoms with Crippen molar-refractivity contribution >= 4 is 0 Å². The Morgan fingerprint density at radius 1 is 0.829 bits per heavy atom. The molecule has 0 unspecified atom stereocenters. The maximum absolute atomic E-state index is 11.0. The van der Waals surface area contributed by atoms with Crippen molar-refractivity contribution in [3.63, 3.8) is 0 Å². The van der Waals surface area contributed by atoms with E-state index in [0.717, 1.165) is 38.9 Å². The number of rotatable bonds is 10. The number of benzene rings is 4. The van der Waals surface area contributed by atoms with Crippen LogP contribution in [-0.4, -0.2) is 40.9 Å². The Kier molecular flexibility index (Phi) is 9.62. The lowest BCUT2D eigenvalue weighted by molar-refractivity contribution is -0.253. The van der Waals surface area contributed by atoms with E-state index in [2.05, 4.69) is 41.3 Å². The zero-order valence-corrected chi connectivity index (χ0v) is 23.8. The van der Waals surface area contributed by atoms with Crippen LogP contribution in [0.3, 0.4) is 0 Å². The highest BCUT2D eigenvalue weighted by atomic mass is 16.7. The largest absolute Gasteiger partial charge is 0.392 e. The fraction of sp³-hybridized carbons (Fsp3) is 0.314. The standard InChI is InChI=1S/C35H40N2O4/c1-24(34(39)29-8-4-3-5-9-29)37(2)22-32-20-33(28-13-11-25(23-38)12-14-28)41-35(40-32)30-17-15-27(16-18-30)31-10-6-7-26(19-31)21-36/h3-19,24,32-35,38-39H,20-23,36H2,1-2H3/t24-,32-,33+,34-,35+/m1/s1. The van der Waals surface area contributed by atoms with Crippen molar-refractivity contribution in [2.24, 2.45) is 5.73 Å². The normalized spacial score (nSPS) is 20.6. The minimum atomic E-state index is -0.607. The lowest BCUT2D eigenvalue weighted by atomic mass is 9.98. The summed E-state index contributed by atoms with van der Waals surface area (Å²) in [7, 11) is 2.03. The molecule has 6 nitrogen and oxygen atoms in total. The highest BCUT2D eigenvalue weighted by molar-refractivity contribution is 5.64. The molecule has 6 heteroatoms. The Labute approximate surface area is 243 Å². The first-order valence-corrected chi connectivity index (χ1v) is 14.3. The Balaban J connectivity index is 1.35. The molecule has 0 radical (unpaired) electrons. The van der Waals surface area contributed by atoms with Crippen LogP contribution in [-0.2, 0) is 22.6 Å². The van der Waals surface area contributed by atoms with Gasteiger partial charge in [-0.1, -0.05) is 97.1 Å². The molecule has 4 N–H and O–H groups in total. The van der Waals surface area contributed by atoms with Gasteiger partial charge in [-0.05, 0) is 53.4 Å². The third kappa shape index (κ3) is 7.11. The van der Waals surface area contributed by atoms with Crippen LogP contribution in [0, 0.1) is 0 Å². The third-order valence-electron chi connectivity index (χ3n) is 8.08. The van der Waals surface area contributed by atoms with E-state index in [1.165, 1.54) is 0 Å². The van der Waals surface area contributed by atoms with Gasteiger partial charge in [-0.2, -0.15) is 0 Å². The van der Waals surface area contributed by atoms with E-state index in [0.29, 0.717) is 19.5 Å². The van der Waals surface area contributed by atoms with Gasteiger partial charge in [-0.3, -0.25) is 4.90 Å². The van der Waals surface area contributed by atoms with Crippen molar-refractivity contribution in [3.05, 3.63) is 131 Å². The number of nitrogens with zero attached hydrogens (tertiary/aromatic N) is 1. The van der Waals surface area contributed by atoms with Crippen LogP contribution in [0.4, 0.5) is 0 Å². The lowest BCUT2D eigenvalue weighted by Gasteiger charge is -2.39. The van der Waals surface area contributed by atoms with Crippen LogP contribution in [0.2, 0.25) is 0 Å². The predicted octanol–water partition coefficient (Wildman–Crippen LogP) is 5.90. The van der Waals surface area contributed by atoms with Gasteiger partial charge in [0, 0.05) is 31.1 Å². The number of hydrogen-bond donors (Lipinski definition) is 3. The molecule has 4 aromatic rings. The smallest absolute Gasteiger partial charge is 0.184 e. The van der Waals surface area contributed by atoms with Crippen LogP contribution in [0.25, 0.3) is 11.1 Å². The number of likely N-dealkylation sites (N-methyl/N-ethyl adjacent to an activating group) is 1. The van der Waals surface area contributed by atoms with Gasteiger partial charge < -0.3 is 25.4 Å². The molecule has 0 saturated carbocycles. The van der Waals surface area contributed by atoms with E-state index in [-0.39, 0.29) is 24.9 Å². The number of aliphatic hydroxyl groups excluding tert-OH is 2. The first-order chi connectivity index (χ1) is 19.9. The lowest BCUT2D eigenvalue weighted by Crippen LogP contribution is -2.43. The van der Waals surface area contributed by atoms with Gasteiger partial charge in [-0.25, -0.2) is 0 Å². The molecule has 1 fully saturated rings. The second kappa shape index (κ2) is 13.5. The molecule has 4 aromatic carbocycles. The summed E-state index contributed by atoms with van der Waals surface area (Å²) in [6.45, 7) is 3.19. The predicted molar refractivity (Wildman–Crippen MR) is 162 cm³/mol. The molecule has 5 atom stereocenters. The Hall–Kier alpha value is -3.36. The molecule has 0 spiro atoms. The Morgan fingerprint density at radius 2 is 1.54 bits per heavy atom. The molecule has 41 heavy (non-hydrogen) atoms. The molecule has 5 rings (SSSR count). The van der Waals surface area contributed by atoms with Crippen molar-refractivity contribution in [2.75, 3.05) is 13.6 Å². The van der Waals surface area contributed by atoms with Crippen molar-refractivity contribution in [3.8, 4) is 11.1 Å². The van der Waals surface area contributed by atoms with Gasteiger partial charge in [0.2, 0.25) is 0 Å². The van der Waals surface area contributed by atoms with E-state index in [4.69, 9.17) is 15.2 Å². The molecule has 1 aliphatic heterocycles. The van der Waals surface area contributed by atoms with Crippen LogP contribution in [0.1, 0.15) is 59.7 Å². The number of nitrogens with two attached hydrogens (primary N) is 1. The molecule has 214 valence electrons. The summed E-state index contributed by atoms with van der Waals surface area (Å²) in [6.07, 6.45) is -0.757. The highest BCUT2D eigenvalue weighted by Crippen LogP contribution is 2.39.